The van der Waals surface area contributed by atoms with Crippen LogP contribution in [0.25, 0.3) is 0 Å². The first kappa shape index (κ1) is 11.6. The van der Waals surface area contributed by atoms with Gasteiger partial charge in [-0.15, -0.1) is 0 Å². The Morgan fingerprint density at radius 1 is 1.00 bits per heavy atom. The van der Waals surface area contributed by atoms with E-state index in [1.807, 2.05) is 18.2 Å². The molecule has 0 spiro atoms. The molecule has 0 radical (unpaired) electrons. The van der Waals surface area contributed by atoms with Crippen LogP contribution in [0.2, 0.25) is 5.02 Å². The molecule has 0 saturated heterocycles. The van der Waals surface area contributed by atoms with Gasteiger partial charge in [-0.25, -0.2) is 0 Å². The van der Waals surface area contributed by atoms with Crippen LogP contribution in [0.15, 0.2) is 54.6 Å². The lowest BCUT2D eigenvalue weighted by atomic mass is 9.96. The second-order valence-corrected chi connectivity index (χ2v) is 5.45. The first-order chi connectivity index (χ1) is 8.78. The molecule has 92 valence electrons. The zero-order valence-electron chi connectivity index (χ0n) is 10.2. The first-order valence-electron chi connectivity index (χ1n) is 6.34. The molecule has 18 heavy (non-hydrogen) atoms. The molecule has 1 fully saturated rings. The minimum Gasteiger partial charge on any atom is -0.384 e. The van der Waals surface area contributed by atoms with Gasteiger partial charge in [0.2, 0.25) is 0 Å². The van der Waals surface area contributed by atoms with Crippen LogP contribution < -0.4 is 5.32 Å². The van der Waals surface area contributed by atoms with E-state index in [0.29, 0.717) is 5.41 Å². The third kappa shape index (κ3) is 2.37. The Hall–Kier alpha value is -1.47. The van der Waals surface area contributed by atoms with Crippen molar-refractivity contribution >= 4 is 17.3 Å². The lowest BCUT2D eigenvalue weighted by Gasteiger charge is -2.17. The lowest BCUT2D eigenvalue weighted by molar-refractivity contribution is 0.733. The maximum Gasteiger partial charge on any atom is 0.0426 e. The van der Waals surface area contributed by atoms with Crippen molar-refractivity contribution in [2.24, 2.45) is 0 Å². The van der Waals surface area contributed by atoms with Crippen LogP contribution in [-0.4, -0.2) is 6.54 Å². The maximum absolute atomic E-state index is 5.99. The minimum atomic E-state index is 0.337. The zero-order valence-corrected chi connectivity index (χ0v) is 11.0. The lowest BCUT2D eigenvalue weighted by Crippen LogP contribution is -2.19. The highest BCUT2D eigenvalue weighted by Crippen LogP contribution is 2.48. The van der Waals surface area contributed by atoms with Crippen LogP contribution in [0.3, 0.4) is 0 Å². The Labute approximate surface area is 113 Å². The fraction of sp³-hybridized carbons (Fsp3) is 0.250. The smallest absolute Gasteiger partial charge is 0.0426 e. The van der Waals surface area contributed by atoms with Crippen LogP contribution in [-0.2, 0) is 5.41 Å². The van der Waals surface area contributed by atoms with Crippen LogP contribution in [0.5, 0.6) is 0 Å². The summed E-state index contributed by atoms with van der Waals surface area (Å²) in [7, 11) is 0. The molecule has 2 aromatic carbocycles. The predicted molar refractivity (Wildman–Crippen MR) is 77.3 cm³/mol. The van der Waals surface area contributed by atoms with Gasteiger partial charge in [0.25, 0.3) is 0 Å². The molecule has 2 heteroatoms. The highest BCUT2D eigenvalue weighted by atomic mass is 35.5. The van der Waals surface area contributed by atoms with E-state index in [1.165, 1.54) is 18.4 Å². The fourth-order valence-corrected chi connectivity index (χ4v) is 2.57. The Kier molecular flexibility index (Phi) is 3.00. The summed E-state index contributed by atoms with van der Waals surface area (Å²) < 4.78 is 0. The molecule has 0 aliphatic heterocycles. The van der Waals surface area contributed by atoms with Crippen LogP contribution in [0.1, 0.15) is 18.4 Å². The van der Waals surface area contributed by atoms with Gasteiger partial charge in [-0.1, -0.05) is 48.0 Å². The maximum atomic E-state index is 5.99. The second-order valence-electron chi connectivity index (χ2n) is 5.01. The van der Waals surface area contributed by atoms with E-state index in [0.717, 1.165) is 17.3 Å². The molecule has 3 rings (SSSR count). The van der Waals surface area contributed by atoms with Gasteiger partial charge in [0.1, 0.15) is 0 Å². The molecule has 0 atom stereocenters. The van der Waals surface area contributed by atoms with Crippen LogP contribution >= 0.6 is 11.6 Å². The van der Waals surface area contributed by atoms with Crippen molar-refractivity contribution in [3.63, 3.8) is 0 Å². The number of anilines is 1. The van der Waals surface area contributed by atoms with E-state index >= 15 is 0 Å². The van der Waals surface area contributed by atoms with Gasteiger partial charge in [-0.2, -0.15) is 0 Å². The summed E-state index contributed by atoms with van der Waals surface area (Å²) in [5.41, 5.74) is 2.88. The second kappa shape index (κ2) is 4.66. The number of nitrogens with one attached hydrogen (secondary N) is 1. The van der Waals surface area contributed by atoms with E-state index in [1.54, 1.807) is 0 Å². The molecule has 0 heterocycles. The Balaban J connectivity index is 1.71. The van der Waals surface area contributed by atoms with Gasteiger partial charge in [0, 0.05) is 22.7 Å². The molecule has 1 aliphatic rings. The summed E-state index contributed by atoms with van der Waals surface area (Å²) in [5.74, 6) is 0. The van der Waals surface area contributed by atoms with Gasteiger partial charge in [0.15, 0.2) is 0 Å². The first-order valence-corrected chi connectivity index (χ1v) is 6.71. The highest BCUT2D eigenvalue weighted by molar-refractivity contribution is 6.30. The number of rotatable bonds is 4. The molecular weight excluding hydrogens is 242 g/mol. The van der Waals surface area contributed by atoms with Crippen molar-refractivity contribution in [1.82, 2.24) is 0 Å². The molecule has 1 N–H and O–H groups in total. The van der Waals surface area contributed by atoms with Crippen molar-refractivity contribution in [1.29, 1.82) is 0 Å². The predicted octanol–water partition coefficient (Wildman–Crippen LogP) is 4.48. The summed E-state index contributed by atoms with van der Waals surface area (Å²) in [6.07, 6.45) is 2.54. The molecule has 1 aliphatic carbocycles. The number of benzene rings is 2. The summed E-state index contributed by atoms with van der Waals surface area (Å²) in [5, 5.41) is 4.28. The van der Waals surface area contributed by atoms with E-state index in [-0.39, 0.29) is 0 Å². The van der Waals surface area contributed by atoms with Crippen molar-refractivity contribution in [3.8, 4) is 0 Å². The summed E-state index contributed by atoms with van der Waals surface area (Å²) in [4.78, 5) is 0. The van der Waals surface area contributed by atoms with Gasteiger partial charge in [0.05, 0.1) is 0 Å². The molecule has 0 aromatic heterocycles. The summed E-state index contributed by atoms with van der Waals surface area (Å²) in [6, 6.07) is 18.7. The monoisotopic (exact) mass is 257 g/mol. The molecule has 0 bridgehead atoms. The van der Waals surface area contributed by atoms with Crippen molar-refractivity contribution < 1.29 is 0 Å². The molecular formula is C16H16ClN. The standard InChI is InChI=1S/C16H16ClN/c17-14-7-4-8-15(11-14)18-12-16(9-10-16)13-5-2-1-3-6-13/h1-8,11,18H,9-10,12H2. The number of hydrogen-bond acceptors (Lipinski definition) is 1. The number of halogens is 1. The molecule has 0 unspecified atom stereocenters. The van der Waals surface area contributed by atoms with Crippen molar-refractivity contribution in [3.05, 3.63) is 65.2 Å². The van der Waals surface area contributed by atoms with E-state index < -0.39 is 0 Å². The topological polar surface area (TPSA) is 12.0 Å². The van der Waals surface area contributed by atoms with Crippen molar-refractivity contribution in [2.75, 3.05) is 11.9 Å². The highest BCUT2D eigenvalue weighted by Gasteiger charge is 2.43. The van der Waals surface area contributed by atoms with E-state index in [4.69, 9.17) is 11.6 Å². The molecule has 2 aromatic rings. The number of hydrogen-bond donors (Lipinski definition) is 1. The SMILES string of the molecule is Clc1cccc(NCC2(c3ccccc3)CC2)c1. The van der Waals surface area contributed by atoms with Gasteiger partial charge < -0.3 is 5.32 Å². The van der Waals surface area contributed by atoms with Gasteiger partial charge in [-0.05, 0) is 36.6 Å². The minimum absolute atomic E-state index is 0.337. The average Bonchev–Trinajstić information content (AvgIpc) is 3.19. The fourth-order valence-electron chi connectivity index (χ4n) is 2.38. The Morgan fingerprint density at radius 3 is 2.44 bits per heavy atom. The third-order valence-electron chi connectivity index (χ3n) is 3.70. The normalized spacial score (nSPS) is 16.3. The summed E-state index contributed by atoms with van der Waals surface area (Å²) >= 11 is 5.99. The average molecular weight is 258 g/mol. The largest absolute Gasteiger partial charge is 0.384 e. The van der Waals surface area contributed by atoms with Crippen molar-refractivity contribution in [2.45, 2.75) is 18.3 Å². The van der Waals surface area contributed by atoms with Gasteiger partial charge in [-0.3, -0.25) is 0 Å². The third-order valence-corrected chi connectivity index (χ3v) is 3.93. The van der Waals surface area contributed by atoms with Crippen LogP contribution in [0, 0.1) is 0 Å². The Morgan fingerprint density at radius 2 is 1.78 bits per heavy atom. The molecule has 1 saturated carbocycles. The quantitative estimate of drug-likeness (QED) is 0.851. The van der Waals surface area contributed by atoms with E-state index in [9.17, 15) is 0 Å². The molecule has 0 amide bonds. The van der Waals surface area contributed by atoms with E-state index in [2.05, 4.69) is 41.7 Å². The zero-order chi connectivity index (χ0) is 12.4. The van der Waals surface area contributed by atoms with Gasteiger partial charge >= 0.3 is 0 Å². The summed E-state index contributed by atoms with van der Waals surface area (Å²) in [6.45, 7) is 0.983. The molecule has 1 nitrogen and oxygen atoms in total. The Bertz CT molecular complexity index is 532. The van der Waals surface area contributed by atoms with Crippen LogP contribution in [0.4, 0.5) is 5.69 Å².